The van der Waals surface area contributed by atoms with Crippen LogP contribution in [-0.4, -0.2) is 47.3 Å². The number of aliphatic hydroxyl groups is 1. The van der Waals surface area contributed by atoms with E-state index in [0.717, 1.165) is 16.9 Å². The van der Waals surface area contributed by atoms with E-state index in [1.807, 2.05) is 25.1 Å². The Labute approximate surface area is 226 Å². The van der Waals surface area contributed by atoms with Crippen molar-refractivity contribution in [3.8, 4) is 33.1 Å². The number of aromatic amines is 2. The number of fused-ring (bicyclic) bond motifs is 2. The highest BCUT2D eigenvalue weighted by molar-refractivity contribution is 7.17. The number of pyridine rings is 2. The van der Waals surface area contributed by atoms with Crippen molar-refractivity contribution in [1.82, 2.24) is 30.1 Å². The normalized spacial score (nSPS) is 12.3. The monoisotopic (exact) mass is 541 g/mol. The van der Waals surface area contributed by atoms with Crippen molar-refractivity contribution in [2.45, 2.75) is 32.9 Å². The van der Waals surface area contributed by atoms with Crippen molar-refractivity contribution in [3.05, 3.63) is 65.7 Å². The molecule has 0 aliphatic rings. The van der Waals surface area contributed by atoms with Gasteiger partial charge in [-0.2, -0.15) is 5.10 Å². The second kappa shape index (κ2) is 10.0. The quantitative estimate of drug-likeness (QED) is 0.134. The summed E-state index contributed by atoms with van der Waals surface area (Å²) in [6, 6.07) is 10.4. The fraction of sp³-hybridized carbons (Fsp3) is 0.179. The number of carbonyl (C=O) groups excluding carboxylic acids is 1. The van der Waals surface area contributed by atoms with Crippen LogP contribution in [0.15, 0.2) is 55.0 Å². The molecule has 0 fully saturated rings. The van der Waals surface area contributed by atoms with Crippen LogP contribution in [0.2, 0.25) is 0 Å². The van der Waals surface area contributed by atoms with Gasteiger partial charge < -0.3 is 15.4 Å². The molecule has 1 atom stereocenters. The van der Waals surface area contributed by atoms with Gasteiger partial charge in [-0.15, -0.1) is 11.3 Å². The Balaban J connectivity index is 1.41. The van der Waals surface area contributed by atoms with Gasteiger partial charge in [-0.3, -0.25) is 14.9 Å². The molecule has 1 aromatic carbocycles. The smallest absolute Gasteiger partial charge is 0.169 e. The molecule has 39 heavy (non-hydrogen) atoms. The number of thiophene rings is 1. The lowest BCUT2D eigenvalue weighted by atomic mass is 10.0. The second-order valence-corrected chi connectivity index (χ2v) is 10.3. The van der Waals surface area contributed by atoms with E-state index < -0.39 is 12.0 Å². The van der Waals surface area contributed by atoms with Crippen LogP contribution in [0.1, 0.15) is 36.4 Å². The van der Waals surface area contributed by atoms with Gasteiger partial charge in [0.1, 0.15) is 23.3 Å². The summed E-state index contributed by atoms with van der Waals surface area (Å²) in [5.41, 5.74) is 4.62. The van der Waals surface area contributed by atoms with E-state index in [2.05, 4.69) is 30.5 Å². The molecule has 5 heterocycles. The van der Waals surface area contributed by atoms with Crippen LogP contribution in [0.4, 0.5) is 10.1 Å². The minimum Gasteiger partial charge on any atom is -0.374 e. The fourth-order valence-electron chi connectivity index (χ4n) is 4.54. The molecule has 0 radical (unpaired) electrons. The van der Waals surface area contributed by atoms with Gasteiger partial charge in [-0.05, 0) is 43.7 Å². The van der Waals surface area contributed by atoms with Crippen molar-refractivity contribution >= 4 is 44.9 Å². The summed E-state index contributed by atoms with van der Waals surface area (Å²) in [4.78, 5) is 30.1. The van der Waals surface area contributed by atoms with Crippen molar-refractivity contribution < 1.29 is 14.3 Å². The molecular formula is C28H24FN7O2S. The lowest BCUT2D eigenvalue weighted by Crippen LogP contribution is -2.18. The summed E-state index contributed by atoms with van der Waals surface area (Å²) in [7, 11) is 0. The molecule has 9 nitrogen and oxygen atoms in total. The fourth-order valence-corrected chi connectivity index (χ4v) is 5.46. The standard InChI is InChI=1S/C28H24FN7O2S/c1-3-4-24(38)32-16-9-15(12-30-13-16)18-10-19-21(11-20(18)29)35-36-26(19)28-33-25-17(7-8-31-27(25)34-28)23-6-5-22(39-23)14(2)37/h5-13,24,32,38H,3-4H2,1-2H3,(H,35,36)(H,31,33,34). The van der Waals surface area contributed by atoms with Gasteiger partial charge in [-0.1, -0.05) is 13.3 Å². The maximum Gasteiger partial charge on any atom is 0.169 e. The molecule has 6 aromatic rings. The van der Waals surface area contributed by atoms with E-state index in [4.69, 9.17) is 4.98 Å². The molecule has 6 rings (SSSR count). The Bertz CT molecular complexity index is 1840. The molecule has 0 bridgehead atoms. The molecular weight excluding hydrogens is 517 g/mol. The van der Waals surface area contributed by atoms with Crippen LogP contribution < -0.4 is 5.32 Å². The Hall–Kier alpha value is -4.48. The van der Waals surface area contributed by atoms with Crippen molar-refractivity contribution in [1.29, 1.82) is 0 Å². The predicted octanol–water partition coefficient (Wildman–Crippen LogP) is 6.16. The molecule has 0 saturated carbocycles. The number of anilines is 1. The first-order chi connectivity index (χ1) is 18.9. The first-order valence-electron chi connectivity index (χ1n) is 12.4. The zero-order valence-corrected chi connectivity index (χ0v) is 21.9. The van der Waals surface area contributed by atoms with E-state index >= 15 is 4.39 Å². The molecule has 0 aliphatic carbocycles. The average Bonchev–Trinajstić information content (AvgIpc) is 3.66. The number of H-pyrrole nitrogens is 2. The number of benzene rings is 1. The van der Waals surface area contributed by atoms with Crippen LogP contribution in [0, 0.1) is 5.82 Å². The van der Waals surface area contributed by atoms with Gasteiger partial charge in [0, 0.05) is 45.4 Å². The first-order valence-corrected chi connectivity index (χ1v) is 13.3. The van der Waals surface area contributed by atoms with E-state index in [1.165, 1.54) is 17.4 Å². The maximum absolute atomic E-state index is 15.2. The summed E-state index contributed by atoms with van der Waals surface area (Å²) >= 11 is 1.41. The first kappa shape index (κ1) is 24.8. The zero-order valence-electron chi connectivity index (χ0n) is 21.1. The number of hydrogen-bond donors (Lipinski definition) is 4. The summed E-state index contributed by atoms with van der Waals surface area (Å²) < 4.78 is 15.2. The number of hydrogen-bond acceptors (Lipinski definition) is 8. The number of rotatable bonds is 8. The highest BCUT2D eigenvalue weighted by Gasteiger charge is 2.19. The minimum absolute atomic E-state index is 0.0129. The van der Waals surface area contributed by atoms with E-state index in [-0.39, 0.29) is 5.78 Å². The van der Waals surface area contributed by atoms with E-state index in [0.29, 0.717) is 61.7 Å². The van der Waals surface area contributed by atoms with Crippen LogP contribution in [0.25, 0.3) is 55.2 Å². The number of aliphatic hydroxyl groups excluding tert-OH is 1. The largest absolute Gasteiger partial charge is 0.374 e. The molecule has 0 amide bonds. The highest BCUT2D eigenvalue weighted by atomic mass is 32.1. The van der Waals surface area contributed by atoms with Crippen molar-refractivity contribution in [2.75, 3.05) is 5.32 Å². The molecule has 0 aliphatic heterocycles. The minimum atomic E-state index is -0.713. The summed E-state index contributed by atoms with van der Waals surface area (Å²) in [5, 5.41) is 21.1. The van der Waals surface area contributed by atoms with Gasteiger partial charge in [0.15, 0.2) is 17.3 Å². The van der Waals surface area contributed by atoms with Gasteiger partial charge in [0.2, 0.25) is 0 Å². The summed E-state index contributed by atoms with van der Waals surface area (Å²) in [5.74, 6) is 0.0607. The van der Waals surface area contributed by atoms with Crippen LogP contribution in [-0.2, 0) is 0 Å². The Kier molecular flexibility index (Phi) is 6.37. The number of ketones is 1. The molecule has 11 heteroatoms. The number of aromatic nitrogens is 6. The summed E-state index contributed by atoms with van der Waals surface area (Å²) in [6.07, 6.45) is 5.55. The lowest BCUT2D eigenvalue weighted by Gasteiger charge is -2.14. The molecule has 1 unspecified atom stereocenters. The molecule has 5 aromatic heterocycles. The summed E-state index contributed by atoms with van der Waals surface area (Å²) in [6.45, 7) is 3.53. The highest BCUT2D eigenvalue weighted by Crippen LogP contribution is 2.36. The molecule has 196 valence electrons. The lowest BCUT2D eigenvalue weighted by molar-refractivity contribution is 0.102. The maximum atomic E-state index is 15.2. The van der Waals surface area contributed by atoms with Gasteiger partial charge in [0.25, 0.3) is 0 Å². The Morgan fingerprint density at radius 3 is 2.85 bits per heavy atom. The van der Waals surface area contributed by atoms with Crippen LogP contribution >= 0.6 is 11.3 Å². The van der Waals surface area contributed by atoms with E-state index in [9.17, 15) is 9.90 Å². The molecule has 0 spiro atoms. The second-order valence-electron chi connectivity index (χ2n) is 9.22. The third-order valence-electron chi connectivity index (χ3n) is 6.42. The van der Waals surface area contributed by atoms with Gasteiger partial charge in [-0.25, -0.2) is 14.4 Å². The number of Topliss-reactive ketones (excluding diaryl/α,β-unsaturated/α-hetero) is 1. The number of carbonyl (C=O) groups is 1. The van der Waals surface area contributed by atoms with E-state index in [1.54, 1.807) is 37.6 Å². The third kappa shape index (κ3) is 4.66. The third-order valence-corrected chi connectivity index (χ3v) is 7.64. The Morgan fingerprint density at radius 1 is 1.18 bits per heavy atom. The molecule has 4 N–H and O–H groups in total. The van der Waals surface area contributed by atoms with Gasteiger partial charge in [0.05, 0.1) is 22.3 Å². The van der Waals surface area contributed by atoms with Crippen molar-refractivity contribution in [2.24, 2.45) is 0 Å². The number of halogens is 1. The van der Waals surface area contributed by atoms with Crippen molar-refractivity contribution in [3.63, 3.8) is 0 Å². The van der Waals surface area contributed by atoms with Crippen LogP contribution in [0.5, 0.6) is 0 Å². The topological polar surface area (TPSA) is 132 Å². The number of nitrogens with one attached hydrogen (secondary N) is 3. The number of nitrogens with zero attached hydrogens (tertiary/aromatic N) is 4. The average molecular weight is 542 g/mol. The zero-order chi connectivity index (χ0) is 27.1. The van der Waals surface area contributed by atoms with Crippen LogP contribution in [0.3, 0.4) is 0 Å². The Morgan fingerprint density at radius 2 is 2.05 bits per heavy atom. The SMILES string of the molecule is CCCC(O)Nc1cncc(-c2cc3c(-c4nc5c(-c6ccc(C(C)=O)s6)ccnc5[nH]4)n[nH]c3cc2F)c1. The number of imidazole rings is 1. The predicted molar refractivity (Wildman–Crippen MR) is 150 cm³/mol. The molecule has 0 saturated heterocycles. The van der Waals surface area contributed by atoms with Gasteiger partial charge >= 0.3 is 0 Å².